The van der Waals surface area contributed by atoms with Crippen molar-refractivity contribution in [2.24, 2.45) is 5.92 Å². The second kappa shape index (κ2) is 5.15. The molecule has 19 heavy (non-hydrogen) atoms. The van der Waals surface area contributed by atoms with Crippen LogP contribution in [0.3, 0.4) is 0 Å². The van der Waals surface area contributed by atoms with E-state index in [0.29, 0.717) is 12.0 Å². The summed E-state index contributed by atoms with van der Waals surface area (Å²) in [6.45, 7) is 0. The van der Waals surface area contributed by atoms with Gasteiger partial charge in [0.2, 0.25) is 0 Å². The quantitative estimate of drug-likeness (QED) is 0.841. The van der Waals surface area contributed by atoms with Crippen LogP contribution in [-0.4, -0.2) is 29.1 Å². The summed E-state index contributed by atoms with van der Waals surface area (Å²) >= 11 is 0. The topological polar surface area (TPSA) is 64.1 Å². The Bertz CT molecular complexity index is 474. The fourth-order valence-corrected chi connectivity index (χ4v) is 2.69. The average Bonchev–Trinajstić information content (AvgIpc) is 3.19. The first-order valence-electron chi connectivity index (χ1n) is 6.93. The number of anilines is 1. The third kappa shape index (κ3) is 2.85. The van der Waals surface area contributed by atoms with Gasteiger partial charge >= 0.3 is 5.97 Å². The van der Waals surface area contributed by atoms with Crippen LogP contribution in [-0.2, 0) is 9.53 Å². The van der Waals surface area contributed by atoms with Crippen LogP contribution in [0.2, 0.25) is 0 Å². The molecule has 0 spiro atoms. The van der Waals surface area contributed by atoms with Crippen molar-refractivity contribution in [2.75, 3.05) is 12.4 Å². The number of esters is 1. The average molecular weight is 261 g/mol. The van der Waals surface area contributed by atoms with Crippen LogP contribution in [0.15, 0.2) is 12.3 Å². The standard InChI is InChI=1S/C14H19N3O2/c1-19-14(18)10-4-5-11(8-10)16-12-6-7-15-13(17-12)9-2-3-9/h6-7,9-11H,2-5,8H2,1H3,(H,15,16,17)/t10-,11+/m0/s1. The van der Waals surface area contributed by atoms with Gasteiger partial charge in [-0.25, -0.2) is 9.97 Å². The van der Waals surface area contributed by atoms with Gasteiger partial charge in [-0.1, -0.05) is 0 Å². The fraction of sp³-hybridized carbons (Fsp3) is 0.643. The molecule has 5 heteroatoms. The van der Waals surface area contributed by atoms with E-state index >= 15 is 0 Å². The number of carbonyl (C=O) groups is 1. The van der Waals surface area contributed by atoms with Crippen molar-refractivity contribution in [3.05, 3.63) is 18.1 Å². The zero-order valence-electron chi connectivity index (χ0n) is 11.1. The zero-order chi connectivity index (χ0) is 13.2. The molecule has 2 atom stereocenters. The van der Waals surface area contributed by atoms with Crippen molar-refractivity contribution in [1.29, 1.82) is 0 Å². The number of hydrogen-bond donors (Lipinski definition) is 1. The van der Waals surface area contributed by atoms with Gasteiger partial charge in [0.05, 0.1) is 13.0 Å². The molecule has 102 valence electrons. The minimum absolute atomic E-state index is 0.0345. The number of methoxy groups -OCH3 is 1. The maximum Gasteiger partial charge on any atom is 0.308 e. The zero-order valence-corrected chi connectivity index (χ0v) is 11.1. The molecule has 2 fully saturated rings. The monoisotopic (exact) mass is 261 g/mol. The van der Waals surface area contributed by atoms with Crippen LogP contribution >= 0.6 is 0 Å². The van der Waals surface area contributed by atoms with E-state index in [1.807, 2.05) is 12.3 Å². The van der Waals surface area contributed by atoms with E-state index in [-0.39, 0.29) is 11.9 Å². The molecule has 2 aliphatic carbocycles. The summed E-state index contributed by atoms with van der Waals surface area (Å²) in [6, 6.07) is 2.21. The van der Waals surface area contributed by atoms with Crippen LogP contribution in [0, 0.1) is 5.92 Å². The van der Waals surface area contributed by atoms with Gasteiger partial charge in [-0.3, -0.25) is 4.79 Å². The molecular formula is C14H19N3O2. The van der Waals surface area contributed by atoms with Gasteiger partial charge in [0, 0.05) is 18.2 Å². The molecule has 1 aromatic heterocycles. The van der Waals surface area contributed by atoms with Gasteiger partial charge in [-0.05, 0) is 38.2 Å². The molecule has 5 nitrogen and oxygen atoms in total. The number of carbonyl (C=O) groups excluding carboxylic acids is 1. The lowest BCUT2D eigenvalue weighted by Gasteiger charge is -2.13. The summed E-state index contributed by atoms with van der Waals surface area (Å²) < 4.78 is 4.80. The molecular weight excluding hydrogens is 242 g/mol. The molecule has 0 amide bonds. The molecule has 0 bridgehead atoms. The summed E-state index contributed by atoms with van der Waals surface area (Å²) in [5.41, 5.74) is 0. The van der Waals surface area contributed by atoms with Crippen molar-refractivity contribution in [3.8, 4) is 0 Å². The Morgan fingerprint density at radius 3 is 2.95 bits per heavy atom. The fourth-order valence-electron chi connectivity index (χ4n) is 2.69. The third-order valence-corrected chi connectivity index (χ3v) is 3.94. The minimum atomic E-state index is -0.0920. The molecule has 1 N–H and O–H groups in total. The summed E-state index contributed by atoms with van der Waals surface area (Å²) in [4.78, 5) is 20.3. The lowest BCUT2D eigenvalue weighted by atomic mass is 10.1. The summed E-state index contributed by atoms with van der Waals surface area (Å²) in [5, 5.41) is 3.41. The first-order chi connectivity index (χ1) is 9.26. The predicted molar refractivity (Wildman–Crippen MR) is 70.8 cm³/mol. The number of rotatable bonds is 4. The first kappa shape index (κ1) is 12.4. The van der Waals surface area contributed by atoms with Gasteiger partial charge < -0.3 is 10.1 Å². The van der Waals surface area contributed by atoms with Crippen LogP contribution < -0.4 is 5.32 Å². The van der Waals surface area contributed by atoms with Gasteiger partial charge in [-0.15, -0.1) is 0 Å². The number of nitrogens with zero attached hydrogens (tertiary/aromatic N) is 2. The Hall–Kier alpha value is -1.65. The summed E-state index contributed by atoms with van der Waals surface area (Å²) in [7, 11) is 1.45. The SMILES string of the molecule is COC(=O)[C@H]1CC[C@@H](Nc2ccnc(C3CC3)n2)C1. The van der Waals surface area contributed by atoms with Gasteiger partial charge in [0.25, 0.3) is 0 Å². The molecule has 0 aliphatic heterocycles. The van der Waals surface area contributed by atoms with Crippen molar-refractivity contribution >= 4 is 11.8 Å². The van der Waals surface area contributed by atoms with Crippen LogP contribution in [0.25, 0.3) is 0 Å². The summed E-state index contributed by atoms with van der Waals surface area (Å²) in [5.74, 6) is 2.34. The lowest BCUT2D eigenvalue weighted by Crippen LogP contribution is -2.19. The van der Waals surface area contributed by atoms with Crippen LogP contribution in [0.1, 0.15) is 43.8 Å². The van der Waals surface area contributed by atoms with Crippen LogP contribution in [0.5, 0.6) is 0 Å². The molecule has 3 rings (SSSR count). The molecule has 0 saturated heterocycles. The van der Waals surface area contributed by atoms with E-state index in [1.54, 1.807) is 0 Å². The highest BCUT2D eigenvalue weighted by Crippen LogP contribution is 2.38. The molecule has 1 aromatic rings. The lowest BCUT2D eigenvalue weighted by molar-refractivity contribution is -0.145. The van der Waals surface area contributed by atoms with Gasteiger partial charge in [0.1, 0.15) is 11.6 Å². The molecule has 1 heterocycles. The Balaban J connectivity index is 1.59. The van der Waals surface area contributed by atoms with E-state index in [1.165, 1.54) is 20.0 Å². The smallest absolute Gasteiger partial charge is 0.308 e. The van der Waals surface area contributed by atoms with Gasteiger partial charge in [-0.2, -0.15) is 0 Å². The first-order valence-corrected chi connectivity index (χ1v) is 6.93. The molecule has 2 aliphatic rings. The Kier molecular flexibility index (Phi) is 3.36. The van der Waals surface area contributed by atoms with E-state index in [9.17, 15) is 4.79 Å². The normalized spacial score (nSPS) is 26.2. The number of hydrogen-bond acceptors (Lipinski definition) is 5. The van der Waals surface area contributed by atoms with E-state index in [4.69, 9.17) is 4.74 Å². The third-order valence-electron chi connectivity index (χ3n) is 3.94. The van der Waals surface area contributed by atoms with Crippen molar-refractivity contribution < 1.29 is 9.53 Å². The number of nitrogens with one attached hydrogen (secondary N) is 1. The number of ether oxygens (including phenoxy) is 1. The highest BCUT2D eigenvalue weighted by Gasteiger charge is 2.31. The second-order valence-corrected chi connectivity index (χ2v) is 5.45. The molecule has 0 aromatic carbocycles. The Labute approximate surface area is 112 Å². The Morgan fingerprint density at radius 1 is 1.37 bits per heavy atom. The largest absolute Gasteiger partial charge is 0.469 e. The minimum Gasteiger partial charge on any atom is -0.469 e. The van der Waals surface area contributed by atoms with E-state index in [2.05, 4.69) is 15.3 Å². The van der Waals surface area contributed by atoms with E-state index in [0.717, 1.165) is 30.9 Å². The predicted octanol–water partition coefficient (Wildman–Crippen LogP) is 2.11. The summed E-state index contributed by atoms with van der Waals surface area (Å²) in [6.07, 6.45) is 6.94. The maximum atomic E-state index is 11.5. The van der Waals surface area contributed by atoms with Gasteiger partial charge in [0.15, 0.2) is 0 Å². The molecule has 0 radical (unpaired) electrons. The maximum absolute atomic E-state index is 11.5. The molecule has 2 saturated carbocycles. The second-order valence-electron chi connectivity index (χ2n) is 5.45. The van der Waals surface area contributed by atoms with Crippen LogP contribution in [0.4, 0.5) is 5.82 Å². The highest BCUT2D eigenvalue weighted by molar-refractivity contribution is 5.72. The van der Waals surface area contributed by atoms with Crippen molar-refractivity contribution in [3.63, 3.8) is 0 Å². The highest BCUT2D eigenvalue weighted by atomic mass is 16.5. The number of aromatic nitrogens is 2. The van der Waals surface area contributed by atoms with E-state index < -0.39 is 0 Å². The van der Waals surface area contributed by atoms with Crippen molar-refractivity contribution in [2.45, 2.75) is 44.1 Å². The Morgan fingerprint density at radius 2 is 2.21 bits per heavy atom. The van der Waals surface area contributed by atoms with Crippen molar-refractivity contribution in [1.82, 2.24) is 9.97 Å². The molecule has 0 unspecified atom stereocenters.